The van der Waals surface area contributed by atoms with Crippen molar-refractivity contribution in [1.82, 2.24) is 20.6 Å². The summed E-state index contributed by atoms with van der Waals surface area (Å²) in [6.07, 6.45) is 13.4. The number of hydroxylamine groups is 2. The predicted molar refractivity (Wildman–Crippen MR) is 167 cm³/mol. The monoisotopic (exact) mass is 610 g/mol. The quantitative estimate of drug-likeness (QED) is 0.250. The molecular formula is C36H42N4O5. The molecule has 5 fully saturated rings. The third-order valence-electron chi connectivity index (χ3n) is 10.9. The maximum absolute atomic E-state index is 11.6. The van der Waals surface area contributed by atoms with E-state index in [1.54, 1.807) is 24.3 Å². The van der Waals surface area contributed by atoms with Crippen molar-refractivity contribution < 1.29 is 23.9 Å². The lowest BCUT2D eigenvalue weighted by molar-refractivity contribution is -0.162. The summed E-state index contributed by atoms with van der Waals surface area (Å²) in [6.45, 7) is 0.835. The van der Waals surface area contributed by atoms with E-state index >= 15 is 0 Å². The summed E-state index contributed by atoms with van der Waals surface area (Å²) >= 11 is 0. The number of nitrogens with zero attached hydrogens (tertiary/aromatic N) is 3. The smallest absolute Gasteiger partial charge is 0.335 e. The topological polar surface area (TPSA) is 110 Å². The zero-order valence-electron chi connectivity index (χ0n) is 25.7. The van der Waals surface area contributed by atoms with E-state index in [0.717, 1.165) is 66.8 Å². The molecule has 9 rings (SSSR count). The van der Waals surface area contributed by atoms with Gasteiger partial charge in [-0.05, 0) is 98.8 Å². The summed E-state index contributed by atoms with van der Waals surface area (Å²) in [5.41, 5.74) is 3.40. The van der Waals surface area contributed by atoms with Gasteiger partial charge in [0.15, 0.2) is 5.70 Å². The average molecular weight is 611 g/mol. The minimum atomic E-state index is -1.00. The van der Waals surface area contributed by atoms with E-state index in [0.29, 0.717) is 30.6 Å². The van der Waals surface area contributed by atoms with Crippen molar-refractivity contribution in [2.45, 2.75) is 89.0 Å². The highest BCUT2D eigenvalue weighted by molar-refractivity contribution is 5.89. The highest BCUT2D eigenvalue weighted by atomic mass is 16.7. The molecule has 2 heterocycles. The number of benzene rings is 2. The summed E-state index contributed by atoms with van der Waals surface area (Å²) in [6, 6.07) is 16.8. The third kappa shape index (κ3) is 5.76. The van der Waals surface area contributed by atoms with Crippen LogP contribution in [0.5, 0.6) is 0 Å². The molecule has 9 nitrogen and oxygen atoms in total. The highest BCUT2D eigenvalue weighted by Gasteiger charge is 2.52. The number of rotatable bonds is 10. The lowest BCUT2D eigenvalue weighted by Gasteiger charge is -2.56. The first-order valence-corrected chi connectivity index (χ1v) is 16.8. The first kappa shape index (κ1) is 28.8. The Bertz CT molecular complexity index is 1530. The van der Waals surface area contributed by atoms with Crippen LogP contribution < -0.4 is 5.32 Å². The Morgan fingerprint density at radius 1 is 0.911 bits per heavy atom. The maximum atomic E-state index is 11.6. The fourth-order valence-corrected chi connectivity index (χ4v) is 9.19. The molecule has 0 amide bonds. The van der Waals surface area contributed by atoms with Crippen molar-refractivity contribution >= 4 is 11.7 Å². The molecule has 45 heavy (non-hydrogen) atoms. The van der Waals surface area contributed by atoms with Crippen LogP contribution in [-0.4, -0.2) is 44.7 Å². The molecule has 1 atom stereocenters. The largest absolute Gasteiger partial charge is 0.478 e. The molecule has 236 valence electrons. The lowest BCUT2D eigenvalue weighted by Crippen LogP contribution is -2.52. The molecule has 0 spiro atoms. The molecule has 1 unspecified atom stereocenters. The van der Waals surface area contributed by atoms with E-state index in [1.165, 1.54) is 38.5 Å². The summed E-state index contributed by atoms with van der Waals surface area (Å²) in [5, 5.41) is 24.3. The Morgan fingerprint density at radius 3 is 2.33 bits per heavy atom. The SMILES string of the molecule is O=C(O)c1cccc(-c2nnc(C3=C(COC45CC6CC(CC(C6)C4)C5)NC(C4CCCCC4)N3OCc3ccccc3)o2)c1. The molecule has 4 bridgehead atoms. The van der Waals surface area contributed by atoms with Gasteiger partial charge in [0.05, 0.1) is 23.5 Å². The highest BCUT2D eigenvalue weighted by Crippen LogP contribution is 2.57. The van der Waals surface area contributed by atoms with Crippen molar-refractivity contribution in [3.05, 3.63) is 77.3 Å². The van der Waals surface area contributed by atoms with Gasteiger partial charge in [-0.25, -0.2) is 9.86 Å². The Hall–Kier alpha value is -3.69. The van der Waals surface area contributed by atoms with E-state index in [4.69, 9.17) is 14.0 Å². The number of nitrogens with one attached hydrogen (secondary N) is 1. The van der Waals surface area contributed by atoms with E-state index in [2.05, 4.69) is 27.6 Å². The second kappa shape index (κ2) is 11.9. The van der Waals surface area contributed by atoms with Crippen LogP contribution >= 0.6 is 0 Å². The fraction of sp³-hybridized carbons (Fsp3) is 0.528. The van der Waals surface area contributed by atoms with Gasteiger partial charge in [0.25, 0.3) is 5.89 Å². The zero-order valence-corrected chi connectivity index (χ0v) is 25.7. The first-order chi connectivity index (χ1) is 22.0. The first-order valence-electron chi connectivity index (χ1n) is 16.8. The molecule has 2 aromatic carbocycles. The molecule has 2 N–H and O–H groups in total. The van der Waals surface area contributed by atoms with Crippen molar-refractivity contribution in [3.8, 4) is 11.5 Å². The summed E-state index contributed by atoms with van der Waals surface area (Å²) in [7, 11) is 0. The summed E-state index contributed by atoms with van der Waals surface area (Å²) < 4.78 is 13.3. The third-order valence-corrected chi connectivity index (χ3v) is 10.9. The van der Waals surface area contributed by atoms with Crippen molar-refractivity contribution in [2.24, 2.45) is 23.7 Å². The van der Waals surface area contributed by atoms with E-state index < -0.39 is 5.97 Å². The molecule has 0 radical (unpaired) electrons. The van der Waals surface area contributed by atoms with Crippen LogP contribution in [-0.2, 0) is 16.2 Å². The van der Waals surface area contributed by atoms with Gasteiger partial charge in [-0.2, -0.15) is 0 Å². The van der Waals surface area contributed by atoms with Gasteiger partial charge in [0, 0.05) is 5.56 Å². The van der Waals surface area contributed by atoms with E-state index in [-0.39, 0.29) is 23.2 Å². The van der Waals surface area contributed by atoms with Crippen LogP contribution in [0.3, 0.4) is 0 Å². The predicted octanol–water partition coefficient (Wildman–Crippen LogP) is 7.03. The molecule has 1 aliphatic heterocycles. The second-order valence-electron chi connectivity index (χ2n) is 14.1. The zero-order chi connectivity index (χ0) is 30.4. The molecule has 3 aromatic rings. The van der Waals surface area contributed by atoms with Crippen LogP contribution in [0.25, 0.3) is 17.2 Å². The normalized spacial score (nSPS) is 29.4. The van der Waals surface area contributed by atoms with E-state index in [9.17, 15) is 9.90 Å². The molecule has 5 saturated carbocycles. The number of ether oxygens (including phenoxy) is 1. The van der Waals surface area contributed by atoms with E-state index in [1.807, 2.05) is 23.3 Å². The minimum Gasteiger partial charge on any atom is -0.478 e. The summed E-state index contributed by atoms with van der Waals surface area (Å²) in [5.74, 6) is 2.39. The van der Waals surface area contributed by atoms with Gasteiger partial charge in [0.2, 0.25) is 5.89 Å². The maximum Gasteiger partial charge on any atom is 0.335 e. The molecule has 5 aliphatic carbocycles. The van der Waals surface area contributed by atoms with Gasteiger partial charge in [-0.3, -0.25) is 4.84 Å². The van der Waals surface area contributed by atoms with Crippen molar-refractivity contribution in [1.29, 1.82) is 0 Å². The van der Waals surface area contributed by atoms with Gasteiger partial charge in [-0.1, -0.05) is 55.7 Å². The molecular weight excluding hydrogens is 568 g/mol. The number of aromatic nitrogens is 2. The minimum absolute atomic E-state index is 0.0511. The van der Waals surface area contributed by atoms with Crippen LogP contribution in [0.1, 0.15) is 92.4 Å². The summed E-state index contributed by atoms with van der Waals surface area (Å²) in [4.78, 5) is 18.3. The van der Waals surface area contributed by atoms with Gasteiger partial charge in [0.1, 0.15) is 12.8 Å². The number of carboxylic acid groups (broad SMARTS) is 1. The molecule has 6 aliphatic rings. The number of aromatic carboxylic acids is 1. The average Bonchev–Trinajstić information content (AvgIpc) is 3.68. The number of hydrogen-bond donors (Lipinski definition) is 2. The fourth-order valence-electron chi connectivity index (χ4n) is 9.19. The Labute approximate surface area is 264 Å². The standard InChI is InChI=1S/C36H42N4O5/c41-35(42)29-13-7-12-28(17-29)33-38-39-34(45-33)31-30(22-43-36-18-24-14-25(19-36)16-26(15-24)20-36)37-32(27-10-5-2-6-11-27)40(31)44-21-23-8-3-1-4-9-23/h1,3-4,7-9,12-13,17,24-27,32,37H,2,5-6,10-11,14-16,18-22H2,(H,41,42). The van der Waals surface area contributed by atoms with Gasteiger partial charge in [-0.15, -0.1) is 10.2 Å². The Balaban J connectivity index is 1.14. The lowest BCUT2D eigenvalue weighted by atomic mass is 9.54. The van der Waals surface area contributed by atoms with Crippen LogP contribution in [0.15, 0.2) is 64.7 Å². The van der Waals surface area contributed by atoms with Crippen LogP contribution in [0, 0.1) is 23.7 Å². The van der Waals surface area contributed by atoms with Gasteiger partial charge >= 0.3 is 5.97 Å². The van der Waals surface area contributed by atoms with Crippen LogP contribution in [0.4, 0.5) is 0 Å². The Morgan fingerprint density at radius 2 is 1.62 bits per heavy atom. The number of carbonyl (C=O) groups is 1. The number of hydrogen-bond acceptors (Lipinski definition) is 8. The second-order valence-corrected chi connectivity index (χ2v) is 14.1. The van der Waals surface area contributed by atoms with Crippen molar-refractivity contribution in [2.75, 3.05) is 6.61 Å². The Kier molecular flexibility index (Phi) is 7.61. The van der Waals surface area contributed by atoms with Crippen LogP contribution in [0.2, 0.25) is 0 Å². The molecule has 0 saturated heterocycles. The number of carboxylic acids is 1. The molecule has 9 heteroatoms. The molecule has 1 aromatic heterocycles. The van der Waals surface area contributed by atoms with Crippen molar-refractivity contribution in [3.63, 3.8) is 0 Å². The van der Waals surface area contributed by atoms with Gasteiger partial charge < -0.3 is 19.6 Å².